The number of piperazine rings is 1. The third-order valence-corrected chi connectivity index (χ3v) is 6.19. The molecule has 4 aromatic rings. The van der Waals surface area contributed by atoms with Crippen LogP contribution in [0.3, 0.4) is 0 Å². The summed E-state index contributed by atoms with van der Waals surface area (Å²) in [6.45, 7) is 5.78. The molecule has 5 rings (SSSR count). The Labute approximate surface area is 187 Å². The minimum Gasteiger partial charge on any atom is -0.368 e. The summed E-state index contributed by atoms with van der Waals surface area (Å²) >= 11 is 6.24. The number of hydrogen-bond acceptors (Lipinski definition) is 5. The lowest BCUT2D eigenvalue weighted by molar-refractivity contribution is 0.644. The van der Waals surface area contributed by atoms with Crippen molar-refractivity contribution in [1.82, 2.24) is 15.2 Å². The summed E-state index contributed by atoms with van der Waals surface area (Å²) in [6, 6.07) is 18.6. The number of anilines is 2. The highest BCUT2D eigenvalue weighted by Gasteiger charge is 2.22. The number of aryl methyl sites for hydroxylation is 1. The Hall–Kier alpha value is -3.18. The van der Waals surface area contributed by atoms with Crippen LogP contribution in [0.4, 0.5) is 11.5 Å². The first kappa shape index (κ1) is 19.8. The number of fused-ring (bicyclic) bond motifs is 1. The fourth-order valence-electron chi connectivity index (χ4n) is 4.29. The van der Waals surface area contributed by atoms with E-state index < -0.39 is 0 Å². The first-order chi connectivity index (χ1) is 15.2. The van der Waals surface area contributed by atoms with Gasteiger partial charge in [0.15, 0.2) is 5.82 Å². The maximum Gasteiger partial charge on any atom is 0.159 e. The second-order valence-corrected chi connectivity index (χ2v) is 8.39. The van der Waals surface area contributed by atoms with Crippen LogP contribution >= 0.6 is 11.6 Å². The molecule has 3 heterocycles. The molecular weight excluding hydrogens is 406 g/mol. The van der Waals surface area contributed by atoms with Crippen LogP contribution in [0.5, 0.6) is 0 Å². The molecule has 156 valence electrons. The zero-order valence-corrected chi connectivity index (χ0v) is 18.3. The molecule has 2 aromatic carbocycles. The SMILES string of the molecule is Cc1ccc(Cl)cc1N1CCN(c2nnc(Cc3ccncc3)c3ccccc23)CC1. The molecule has 0 aliphatic carbocycles. The average Bonchev–Trinajstić information content (AvgIpc) is 2.82. The van der Waals surface area contributed by atoms with E-state index in [9.17, 15) is 0 Å². The topological polar surface area (TPSA) is 45.2 Å². The summed E-state index contributed by atoms with van der Waals surface area (Å²) in [5.74, 6) is 0.969. The van der Waals surface area contributed by atoms with Crippen LogP contribution < -0.4 is 9.80 Å². The van der Waals surface area contributed by atoms with E-state index in [2.05, 4.69) is 68.3 Å². The maximum absolute atomic E-state index is 6.24. The van der Waals surface area contributed by atoms with E-state index in [0.717, 1.165) is 59.9 Å². The third-order valence-electron chi connectivity index (χ3n) is 5.96. The number of aromatic nitrogens is 3. The molecular formula is C25H24ClN5. The van der Waals surface area contributed by atoms with E-state index in [1.165, 1.54) is 16.8 Å². The van der Waals surface area contributed by atoms with Gasteiger partial charge in [-0.1, -0.05) is 41.9 Å². The van der Waals surface area contributed by atoms with Crippen molar-refractivity contribution >= 4 is 33.9 Å². The molecule has 1 saturated heterocycles. The van der Waals surface area contributed by atoms with E-state index >= 15 is 0 Å². The molecule has 0 amide bonds. The van der Waals surface area contributed by atoms with Gasteiger partial charge in [-0.3, -0.25) is 4.98 Å². The Morgan fingerprint density at radius 1 is 0.839 bits per heavy atom. The molecule has 31 heavy (non-hydrogen) atoms. The second kappa shape index (κ2) is 8.52. The van der Waals surface area contributed by atoms with Gasteiger partial charge < -0.3 is 9.80 Å². The quantitative estimate of drug-likeness (QED) is 0.461. The molecule has 5 nitrogen and oxygen atoms in total. The predicted molar refractivity (Wildman–Crippen MR) is 127 cm³/mol. The fraction of sp³-hybridized carbons (Fsp3) is 0.240. The molecule has 1 aliphatic rings. The Bertz CT molecular complexity index is 1200. The van der Waals surface area contributed by atoms with Crippen molar-refractivity contribution in [2.75, 3.05) is 36.0 Å². The molecule has 0 atom stereocenters. The van der Waals surface area contributed by atoms with Gasteiger partial charge in [-0.05, 0) is 42.3 Å². The van der Waals surface area contributed by atoms with Crippen LogP contribution in [0.2, 0.25) is 5.02 Å². The van der Waals surface area contributed by atoms with Gasteiger partial charge in [-0.25, -0.2) is 0 Å². The van der Waals surface area contributed by atoms with E-state index in [1.807, 2.05) is 30.6 Å². The second-order valence-electron chi connectivity index (χ2n) is 7.95. The van der Waals surface area contributed by atoms with E-state index in [1.54, 1.807) is 0 Å². The number of hydrogen-bond donors (Lipinski definition) is 0. The third kappa shape index (κ3) is 4.06. The standard InChI is InChI=1S/C25H24ClN5/c1-18-6-7-20(26)17-24(18)30-12-14-31(15-13-30)25-22-5-3-2-4-21(22)23(28-29-25)16-19-8-10-27-11-9-19/h2-11,17H,12-16H2,1H3. The highest BCUT2D eigenvalue weighted by Crippen LogP contribution is 2.30. The van der Waals surface area contributed by atoms with Crippen LogP contribution in [0.25, 0.3) is 10.8 Å². The minimum absolute atomic E-state index is 0.748. The van der Waals surface area contributed by atoms with E-state index in [-0.39, 0.29) is 0 Å². The van der Waals surface area contributed by atoms with Gasteiger partial charge >= 0.3 is 0 Å². The Morgan fingerprint density at radius 2 is 1.55 bits per heavy atom. The Morgan fingerprint density at radius 3 is 2.32 bits per heavy atom. The lowest BCUT2D eigenvalue weighted by Crippen LogP contribution is -2.47. The summed E-state index contributed by atoms with van der Waals surface area (Å²) < 4.78 is 0. The van der Waals surface area contributed by atoms with E-state index in [4.69, 9.17) is 11.6 Å². The van der Waals surface area contributed by atoms with Crippen molar-refractivity contribution in [3.8, 4) is 0 Å². The normalized spacial score (nSPS) is 14.3. The number of nitrogens with zero attached hydrogens (tertiary/aromatic N) is 5. The largest absolute Gasteiger partial charge is 0.368 e. The van der Waals surface area contributed by atoms with Gasteiger partial charge in [-0.2, -0.15) is 5.10 Å². The summed E-state index contributed by atoms with van der Waals surface area (Å²) in [5, 5.41) is 12.4. The van der Waals surface area contributed by atoms with Crippen LogP contribution in [-0.4, -0.2) is 41.4 Å². The first-order valence-electron chi connectivity index (χ1n) is 10.6. The molecule has 0 unspecified atom stereocenters. The monoisotopic (exact) mass is 429 g/mol. The minimum atomic E-state index is 0.748. The summed E-state index contributed by atoms with van der Waals surface area (Å²) in [5.41, 5.74) is 4.66. The van der Waals surface area contributed by atoms with Gasteiger partial charge in [0, 0.05) is 66.5 Å². The van der Waals surface area contributed by atoms with Crippen molar-refractivity contribution < 1.29 is 0 Å². The van der Waals surface area contributed by atoms with Crippen LogP contribution in [0, 0.1) is 6.92 Å². The van der Waals surface area contributed by atoms with Gasteiger partial charge in [0.1, 0.15) is 0 Å². The van der Waals surface area contributed by atoms with Crippen LogP contribution in [0.15, 0.2) is 67.0 Å². The lowest BCUT2D eigenvalue weighted by Gasteiger charge is -2.37. The Balaban J connectivity index is 1.40. The summed E-state index contributed by atoms with van der Waals surface area (Å²) in [6.07, 6.45) is 4.39. The molecule has 0 radical (unpaired) electrons. The molecule has 0 spiro atoms. The molecule has 2 aromatic heterocycles. The summed E-state index contributed by atoms with van der Waals surface area (Å²) in [4.78, 5) is 8.87. The highest BCUT2D eigenvalue weighted by atomic mass is 35.5. The maximum atomic E-state index is 6.24. The van der Waals surface area contributed by atoms with Crippen LogP contribution in [-0.2, 0) is 6.42 Å². The molecule has 0 bridgehead atoms. The highest BCUT2D eigenvalue weighted by molar-refractivity contribution is 6.30. The number of benzene rings is 2. The molecule has 1 aliphatic heterocycles. The van der Waals surface area contributed by atoms with Crippen molar-refractivity contribution in [3.05, 3.63) is 88.8 Å². The zero-order valence-electron chi connectivity index (χ0n) is 17.5. The van der Waals surface area contributed by atoms with Crippen molar-refractivity contribution in [2.45, 2.75) is 13.3 Å². The van der Waals surface area contributed by atoms with Crippen molar-refractivity contribution in [2.24, 2.45) is 0 Å². The number of pyridine rings is 1. The van der Waals surface area contributed by atoms with E-state index in [0.29, 0.717) is 0 Å². The van der Waals surface area contributed by atoms with Gasteiger partial charge in [0.2, 0.25) is 0 Å². The Kier molecular flexibility index (Phi) is 5.43. The lowest BCUT2D eigenvalue weighted by atomic mass is 10.0. The van der Waals surface area contributed by atoms with Crippen molar-refractivity contribution in [1.29, 1.82) is 0 Å². The average molecular weight is 430 g/mol. The molecule has 0 N–H and O–H groups in total. The first-order valence-corrected chi connectivity index (χ1v) is 11.0. The van der Waals surface area contributed by atoms with Gasteiger partial charge in [-0.15, -0.1) is 5.10 Å². The fourth-order valence-corrected chi connectivity index (χ4v) is 4.45. The predicted octanol–water partition coefficient (Wildman–Crippen LogP) is 4.90. The smallest absolute Gasteiger partial charge is 0.159 e. The summed E-state index contributed by atoms with van der Waals surface area (Å²) in [7, 11) is 0. The molecule has 0 saturated carbocycles. The zero-order chi connectivity index (χ0) is 21.2. The van der Waals surface area contributed by atoms with Crippen LogP contribution in [0.1, 0.15) is 16.8 Å². The molecule has 1 fully saturated rings. The number of halogens is 1. The number of rotatable bonds is 4. The van der Waals surface area contributed by atoms with Gasteiger partial charge in [0.05, 0.1) is 5.69 Å². The molecule has 6 heteroatoms. The van der Waals surface area contributed by atoms with Gasteiger partial charge in [0.25, 0.3) is 0 Å². The van der Waals surface area contributed by atoms with Crippen molar-refractivity contribution in [3.63, 3.8) is 0 Å².